The summed E-state index contributed by atoms with van der Waals surface area (Å²) in [5.41, 5.74) is 1.03. The molecule has 0 spiro atoms. The number of rotatable bonds is 1. The minimum atomic E-state index is -0.738. The van der Waals surface area contributed by atoms with Crippen LogP contribution in [0.3, 0.4) is 0 Å². The predicted octanol–water partition coefficient (Wildman–Crippen LogP) is 1.41. The Morgan fingerprint density at radius 2 is 2.25 bits per heavy atom. The SMILES string of the molecule is N#Cc1cccc(N2CC(C#N)OC2=O)c1. The van der Waals surface area contributed by atoms with Gasteiger partial charge in [-0.1, -0.05) is 6.07 Å². The molecular weight excluding hydrogens is 206 g/mol. The Morgan fingerprint density at radius 3 is 2.88 bits per heavy atom. The van der Waals surface area contributed by atoms with Gasteiger partial charge in [-0.15, -0.1) is 0 Å². The summed E-state index contributed by atoms with van der Waals surface area (Å²) in [5.74, 6) is 0. The first kappa shape index (κ1) is 10.0. The number of benzene rings is 1. The molecule has 1 saturated heterocycles. The lowest BCUT2D eigenvalue weighted by Gasteiger charge is -2.11. The summed E-state index contributed by atoms with van der Waals surface area (Å²) in [6.45, 7) is 0.199. The van der Waals surface area contributed by atoms with E-state index >= 15 is 0 Å². The van der Waals surface area contributed by atoms with Gasteiger partial charge in [-0.2, -0.15) is 10.5 Å². The number of hydrogen-bond acceptors (Lipinski definition) is 4. The van der Waals surface area contributed by atoms with Gasteiger partial charge in [0.05, 0.1) is 18.2 Å². The number of anilines is 1. The third kappa shape index (κ3) is 1.67. The third-order valence-electron chi connectivity index (χ3n) is 2.24. The number of nitriles is 2. The molecule has 5 nitrogen and oxygen atoms in total. The topological polar surface area (TPSA) is 77.1 Å². The monoisotopic (exact) mass is 213 g/mol. The van der Waals surface area contributed by atoms with E-state index in [9.17, 15) is 4.79 Å². The molecule has 1 aliphatic heterocycles. The Kier molecular flexibility index (Phi) is 2.45. The van der Waals surface area contributed by atoms with Crippen molar-refractivity contribution in [2.45, 2.75) is 6.10 Å². The lowest BCUT2D eigenvalue weighted by atomic mass is 10.2. The average Bonchev–Trinajstić information content (AvgIpc) is 2.71. The average molecular weight is 213 g/mol. The molecule has 1 atom stereocenters. The molecule has 1 heterocycles. The summed E-state index contributed by atoms with van der Waals surface area (Å²) in [4.78, 5) is 12.8. The molecule has 0 aromatic heterocycles. The lowest BCUT2D eigenvalue weighted by Crippen LogP contribution is -2.24. The van der Waals surface area contributed by atoms with E-state index in [0.29, 0.717) is 11.3 Å². The van der Waals surface area contributed by atoms with E-state index in [4.69, 9.17) is 15.3 Å². The molecule has 0 aliphatic carbocycles. The van der Waals surface area contributed by atoms with E-state index in [-0.39, 0.29) is 6.54 Å². The molecule has 16 heavy (non-hydrogen) atoms. The molecule has 5 heteroatoms. The van der Waals surface area contributed by atoms with Gasteiger partial charge in [0.2, 0.25) is 6.10 Å². The van der Waals surface area contributed by atoms with Crippen LogP contribution in [0.25, 0.3) is 0 Å². The third-order valence-corrected chi connectivity index (χ3v) is 2.24. The maximum absolute atomic E-state index is 11.4. The van der Waals surface area contributed by atoms with Crippen LogP contribution >= 0.6 is 0 Å². The number of hydrogen-bond donors (Lipinski definition) is 0. The number of ether oxygens (including phenoxy) is 1. The molecule has 1 aromatic carbocycles. The highest BCUT2D eigenvalue weighted by Gasteiger charge is 2.32. The van der Waals surface area contributed by atoms with E-state index in [1.54, 1.807) is 24.3 Å². The molecule has 0 radical (unpaired) electrons. The van der Waals surface area contributed by atoms with E-state index in [1.807, 2.05) is 12.1 Å². The molecule has 0 N–H and O–H groups in total. The van der Waals surface area contributed by atoms with Gasteiger partial charge in [-0.05, 0) is 18.2 Å². The van der Waals surface area contributed by atoms with Crippen LogP contribution < -0.4 is 4.90 Å². The normalized spacial score (nSPS) is 18.8. The molecule has 1 amide bonds. The lowest BCUT2D eigenvalue weighted by molar-refractivity contribution is 0.162. The number of carbonyl (C=O) groups is 1. The molecule has 1 fully saturated rings. The first-order valence-corrected chi connectivity index (χ1v) is 4.62. The number of amides is 1. The maximum Gasteiger partial charge on any atom is 0.415 e. The van der Waals surface area contributed by atoms with Crippen molar-refractivity contribution in [1.82, 2.24) is 0 Å². The summed E-state index contributed by atoms with van der Waals surface area (Å²) < 4.78 is 4.79. The second-order valence-corrected chi connectivity index (χ2v) is 3.27. The van der Waals surface area contributed by atoms with Crippen molar-refractivity contribution >= 4 is 11.8 Å². The van der Waals surface area contributed by atoms with Gasteiger partial charge in [0.15, 0.2) is 0 Å². The van der Waals surface area contributed by atoms with Crippen LogP contribution in [0.2, 0.25) is 0 Å². The smallest absolute Gasteiger partial charge is 0.415 e. The second-order valence-electron chi connectivity index (χ2n) is 3.27. The molecule has 1 aromatic rings. The summed E-state index contributed by atoms with van der Waals surface area (Å²) in [6, 6.07) is 10.5. The zero-order valence-electron chi connectivity index (χ0n) is 8.25. The van der Waals surface area contributed by atoms with Gasteiger partial charge in [0.25, 0.3) is 0 Å². The fourth-order valence-corrected chi connectivity index (χ4v) is 1.48. The highest BCUT2D eigenvalue weighted by Crippen LogP contribution is 2.22. The van der Waals surface area contributed by atoms with Crippen LogP contribution in [-0.2, 0) is 4.74 Å². The molecule has 78 valence electrons. The van der Waals surface area contributed by atoms with Crippen LogP contribution in [0, 0.1) is 22.7 Å². The largest absolute Gasteiger partial charge is 0.428 e. The summed E-state index contributed by atoms with van der Waals surface area (Å²) in [7, 11) is 0. The van der Waals surface area contributed by atoms with E-state index in [0.717, 1.165) is 0 Å². The number of carbonyl (C=O) groups excluding carboxylic acids is 1. The standard InChI is InChI=1S/C11H7N3O2/c12-5-8-2-1-3-9(4-8)14-7-10(6-13)16-11(14)15/h1-4,10H,7H2. The van der Waals surface area contributed by atoms with E-state index in [2.05, 4.69) is 0 Å². The second kappa shape index (κ2) is 3.92. The first-order chi connectivity index (χ1) is 7.74. The van der Waals surface area contributed by atoms with Crippen LogP contribution in [0.1, 0.15) is 5.56 Å². The van der Waals surface area contributed by atoms with Crippen LogP contribution in [-0.4, -0.2) is 18.7 Å². The van der Waals surface area contributed by atoms with Crippen molar-refractivity contribution < 1.29 is 9.53 Å². The zero-order valence-corrected chi connectivity index (χ0v) is 8.25. The Bertz CT molecular complexity index is 513. The zero-order chi connectivity index (χ0) is 11.5. The Morgan fingerprint density at radius 1 is 1.44 bits per heavy atom. The van der Waals surface area contributed by atoms with E-state index in [1.165, 1.54) is 4.90 Å². The van der Waals surface area contributed by atoms with Gasteiger partial charge >= 0.3 is 6.09 Å². The minimum absolute atomic E-state index is 0.199. The Hall–Kier alpha value is -2.53. The van der Waals surface area contributed by atoms with Crippen molar-refractivity contribution in [3.63, 3.8) is 0 Å². The predicted molar refractivity (Wildman–Crippen MR) is 54.4 cm³/mol. The highest BCUT2D eigenvalue weighted by atomic mass is 16.6. The molecule has 2 rings (SSSR count). The number of nitrogens with zero attached hydrogens (tertiary/aromatic N) is 3. The van der Waals surface area contributed by atoms with Crippen molar-refractivity contribution in [1.29, 1.82) is 10.5 Å². The molecular formula is C11H7N3O2. The van der Waals surface area contributed by atoms with Gasteiger partial charge in [-0.25, -0.2) is 4.79 Å². The molecule has 0 bridgehead atoms. The van der Waals surface area contributed by atoms with Gasteiger partial charge in [0.1, 0.15) is 6.07 Å². The Labute approximate surface area is 92.1 Å². The minimum Gasteiger partial charge on any atom is -0.428 e. The number of cyclic esters (lactones) is 1. The Balaban J connectivity index is 2.29. The van der Waals surface area contributed by atoms with Crippen molar-refractivity contribution in [3.8, 4) is 12.1 Å². The van der Waals surface area contributed by atoms with Gasteiger partial charge < -0.3 is 4.74 Å². The van der Waals surface area contributed by atoms with E-state index < -0.39 is 12.2 Å². The summed E-state index contributed by atoms with van der Waals surface area (Å²) in [5, 5.41) is 17.4. The van der Waals surface area contributed by atoms with Gasteiger partial charge in [-0.3, -0.25) is 4.90 Å². The highest BCUT2D eigenvalue weighted by molar-refractivity contribution is 5.90. The van der Waals surface area contributed by atoms with Crippen molar-refractivity contribution in [2.75, 3.05) is 11.4 Å². The first-order valence-electron chi connectivity index (χ1n) is 4.62. The summed E-state index contributed by atoms with van der Waals surface area (Å²) >= 11 is 0. The summed E-state index contributed by atoms with van der Waals surface area (Å²) in [6.07, 6.45) is -1.29. The van der Waals surface area contributed by atoms with Crippen molar-refractivity contribution in [2.24, 2.45) is 0 Å². The quantitative estimate of drug-likeness (QED) is 0.706. The fourth-order valence-electron chi connectivity index (χ4n) is 1.48. The van der Waals surface area contributed by atoms with Crippen molar-refractivity contribution in [3.05, 3.63) is 29.8 Å². The van der Waals surface area contributed by atoms with Crippen LogP contribution in [0.15, 0.2) is 24.3 Å². The van der Waals surface area contributed by atoms with Crippen LogP contribution in [0.4, 0.5) is 10.5 Å². The van der Waals surface area contributed by atoms with Crippen LogP contribution in [0.5, 0.6) is 0 Å². The molecule has 0 saturated carbocycles. The molecule has 1 unspecified atom stereocenters. The van der Waals surface area contributed by atoms with Gasteiger partial charge in [0, 0.05) is 5.69 Å². The molecule has 1 aliphatic rings. The fraction of sp³-hybridized carbons (Fsp3) is 0.182. The maximum atomic E-state index is 11.4.